The summed E-state index contributed by atoms with van der Waals surface area (Å²) in [6, 6.07) is 6.98. The molecule has 7 heteroatoms. The van der Waals surface area contributed by atoms with Gasteiger partial charge in [0.15, 0.2) is 0 Å². The van der Waals surface area contributed by atoms with E-state index in [1.807, 2.05) is 19.9 Å². The molecular weight excluding hydrogens is 362 g/mol. The highest BCUT2D eigenvalue weighted by molar-refractivity contribution is 7.92. The zero-order valence-corrected chi connectivity index (χ0v) is 17.1. The Balaban J connectivity index is 1.81. The Bertz CT molecular complexity index is 911. The third-order valence-electron chi connectivity index (χ3n) is 5.08. The topological polar surface area (TPSA) is 71.5 Å². The molecule has 1 aromatic heterocycles. The molecule has 0 saturated carbocycles. The van der Waals surface area contributed by atoms with Crippen LogP contribution >= 0.6 is 0 Å². The van der Waals surface area contributed by atoms with E-state index < -0.39 is 10.0 Å². The number of nitrogens with one attached hydrogen (secondary N) is 1. The predicted molar refractivity (Wildman–Crippen MR) is 108 cm³/mol. The van der Waals surface area contributed by atoms with E-state index >= 15 is 0 Å². The van der Waals surface area contributed by atoms with Gasteiger partial charge in [-0.3, -0.25) is 4.72 Å². The molecule has 1 atom stereocenters. The van der Waals surface area contributed by atoms with Crippen molar-refractivity contribution in [3.63, 3.8) is 0 Å². The van der Waals surface area contributed by atoms with Crippen LogP contribution in [0.3, 0.4) is 0 Å². The molecule has 0 spiro atoms. The Morgan fingerprint density at radius 1 is 1.22 bits per heavy atom. The normalized spacial score (nSPS) is 17.6. The lowest BCUT2D eigenvalue weighted by Gasteiger charge is -2.32. The number of aromatic nitrogens is 1. The Hall–Kier alpha value is -2.28. The Morgan fingerprint density at radius 3 is 2.59 bits per heavy atom. The van der Waals surface area contributed by atoms with Crippen molar-refractivity contribution in [1.82, 2.24) is 4.98 Å². The van der Waals surface area contributed by atoms with Gasteiger partial charge in [-0.2, -0.15) is 0 Å². The van der Waals surface area contributed by atoms with E-state index in [1.54, 1.807) is 24.4 Å². The second kappa shape index (κ2) is 7.76. The Kier molecular flexibility index (Phi) is 5.60. The maximum Gasteiger partial charge on any atom is 0.266 e. The van der Waals surface area contributed by atoms with Gasteiger partial charge >= 0.3 is 0 Å². The summed E-state index contributed by atoms with van der Waals surface area (Å²) in [7, 11) is -2.32. The zero-order chi connectivity index (χ0) is 19.6. The van der Waals surface area contributed by atoms with Crippen molar-refractivity contribution in [2.75, 3.05) is 29.8 Å². The monoisotopic (exact) mass is 389 g/mol. The lowest BCUT2D eigenvalue weighted by molar-refractivity contribution is 0.402. The van der Waals surface area contributed by atoms with E-state index in [1.165, 1.54) is 20.0 Å². The maximum atomic E-state index is 12.8. The van der Waals surface area contributed by atoms with Crippen LogP contribution in [0.4, 0.5) is 11.5 Å². The summed E-state index contributed by atoms with van der Waals surface area (Å²) in [6.07, 6.45) is 4.15. The van der Waals surface area contributed by atoms with Crippen molar-refractivity contribution in [2.45, 2.75) is 38.5 Å². The summed E-state index contributed by atoms with van der Waals surface area (Å²) in [6.45, 7) is 8.06. The molecule has 1 aliphatic heterocycles. The van der Waals surface area contributed by atoms with E-state index in [9.17, 15) is 8.42 Å². The van der Waals surface area contributed by atoms with E-state index in [4.69, 9.17) is 4.74 Å². The number of sulfonamides is 1. The number of aryl methyl sites for hydroxylation is 2. The second-order valence-corrected chi connectivity index (χ2v) is 8.94. The molecule has 1 fully saturated rings. The third-order valence-corrected chi connectivity index (χ3v) is 6.45. The number of ether oxygens (including phenoxy) is 1. The quantitative estimate of drug-likeness (QED) is 0.843. The van der Waals surface area contributed by atoms with Crippen LogP contribution in [0.1, 0.15) is 30.9 Å². The molecule has 0 amide bonds. The molecule has 1 unspecified atom stereocenters. The van der Waals surface area contributed by atoms with Gasteiger partial charge in [-0.05, 0) is 68.0 Å². The molecule has 1 aromatic carbocycles. The summed E-state index contributed by atoms with van der Waals surface area (Å²) in [5, 5.41) is 0. The van der Waals surface area contributed by atoms with Gasteiger partial charge in [0.2, 0.25) is 0 Å². The molecule has 27 heavy (non-hydrogen) atoms. The van der Waals surface area contributed by atoms with E-state index in [0.29, 0.717) is 17.5 Å². The fraction of sp³-hybridized carbons (Fsp3) is 0.450. The zero-order valence-electron chi connectivity index (χ0n) is 16.3. The molecule has 2 heterocycles. The molecule has 0 aliphatic carbocycles. The average molecular weight is 390 g/mol. The van der Waals surface area contributed by atoms with Crippen molar-refractivity contribution < 1.29 is 13.2 Å². The number of pyridine rings is 1. The van der Waals surface area contributed by atoms with Crippen LogP contribution in [0.25, 0.3) is 0 Å². The SMILES string of the molecule is COc1cc(C)c(C)cc1S(=O)(=O)Nc1ccc(N2CCCC(C)C2)cn1. The highest BCUT2D eigenvalue weighted by Crippen LogP contribution is 2.29. The molecular formula is C20H27N3O3S. The van der Waals surface area contributed by atoms with Crippen molar-refractivity contribution in [3.05, 3.63) is 41.6 Å². The summed E-state index contributed by atoms with van der Waals surface area (Å²) in [5.41, 5.74) is 2.89. The van der Waals surface area contributed by atoms with E-state index in [0.717, 1.165) is 29.9 Å². The van der Waals surface area contributed by atoms with Gasteiger partial charge in [-0.15, -0.1) is 0 Å². The lowest BCUT2D eigenvalue weighted by atomic mass is 10.00. The Labute approximate surface area is 161 Å². The first-order valence-corrected chi connectivity index (χ1v) is 10.7. The number of hydrogen-bond acceptors (Lipinski definition) is 5. The number of rotatable bonds is 5. The highest BCUT2D eigenvalue weighted by Gasteiger charge is 2.22. The minimum Gasteiger partial charge on any atom is -0.495 e. The van der Waals surface area contributed by atoms with Gasteiger partial charge in [0.05, 0.1) is 19.0 Å². The molecule has 3 rings (SSSR count). The van der Waals surface area contributed by atoms with Crippen LogP contribution in [-0.2, 0) is 10.0 Å². The highest BCUT2D eigenvalue weighted by atomic mass is 32.2. The number of piperidine rings is 1. The minimum atomic E-state index is -3.79. The maximum absolute atomic E-state index is 12.8. The van der Waals surface area contributed by atoms with Crippen molar-refractivity contribution in [1.29, 1.82) is 0 Å². The number of hydrogen-bond donors (Lipinski definition) is 1. The second-order valence-electron chi connectivity index (χ2n) is 7.29. The van der Waals surface area contributed by atoms with E-state index in [2.05, 4.69) is 21.5 Å². The fourth-order valence-corrected chi connectivity index (χ4v) is 4.63. The van der Waals surface area contributed by atoms with Gasteiger partial charge < -0.3 is 9.64 Å². The van der Waals surface area contributed by atoms with Gasteiger partial charge in [0, 0.05) is 13.1 Å². The minimum absolute atomic E-state index is 0.115. The molecule has 1 N–H and O–H groups in total. The van der Waals surface area contributed by atoms with Gasteiger partial charge in [-0.1, -0.05) is 6.92 Å². The molecule has 146 valence electrons. The molecule has 0 radical (unpaired) electrons. The molecule has 1 aliphatic rings. The summed E-state index contributed by atoms with van der Waals surface area (Å²) in [4.78, 5) is 6.72. The van der Waals surface area contributed by atoms with Crippen LogP contribution < -0.4 is 14.4 Å². The van der Waals surface area contributed by atoms with Crippen LogP contribution in [0.2, 0.25) is 0 Å². The van der Waals surface area contributed by atoms with Crippen LogP contribution in [-0.4, -0.2) is 33.6 Å². The van der Waals surface area contributed by atoms with Crippen molar-refractivity contribution in [2.24, 2.45) is 5.92 Å². The third kappa shape index (κ3) is 4.35. The first-order valence-electron chi connectivity index (χ1n) is 9.19. The predicted octanol–water partition coefficient (Wildman–Crippen LogP) is 3.74. The average Bonchev–Trinajstić information content (AvgIpc) is 2.64. The largest absolute Gasteiger partial charge is 0.495 e. The number of anilines is 2. The summed E-state index contributed by atoms with van der Waals surface area (Å²) < 4.78 is 33.5. The number of methoxy groups -OCH3 is 1. The van der Waals surface area contributed by atoms with Crippen LogP contribution in [0.15, 0.2) is 35.4 Å². The van der Waals surface area contributed by atoms with Crippen molar-refractivity contribution >= 4 is 21.5 Å². The smallest absolute Gasteiger partial charge is 0.266 e. The van der Waals surface area contributed by atoms with Crippen LogP contribution in [0, 0.1) is 19.8 Å². The first kappa shape index (κ1) is 19.5. The standard InChI is InChI=1S/C20H27N3O3S/c1-14-6-5-9-23(13-14)17-7-8-20(21-12-17)22-27(24,25)19-11-16(3)15(2)10-18(19)26-4/h7-8,10-12,14H,5-6,9,13H2,1-4H3,(H,21,22). The van der Waals surface area contributed by atoms with Gasteiger partial charge in [-0.25, -0.2) is 13.4 Å². The number of benzene rings is 1. The van der Waals surface area contributed by atoms with E-state index in [-0.39, 0.29) is 4.90 Å². The Morgan fingerprint density at radius 2 is 1.96 bits per heavy atom. The summed E-state index contributed by atoms with van der Waals surface area (Å²) >= 11 is 0. The first-order chi connectivity index (χ1) is 12.8. The molecule has 0 bridgehead atoms. The molecule has 2 aromatic rings. The molecule has 6 nitrogen and oxygen atoms in total. The van der Waals surface area contributed by atoms with Gasteiger partial charge in [0.25, 0.3) is 10.0 Å². The van der Waals surface area contributed by atoms with Crippen LogP contribution in [0.5, 0.6) is 5.75 Å². The molecule has 1 saturated heterocycles. The lowest BCUT2D eigenvalue weighted by Crippen LogP contribution is -2.34. The summed E-state index contributed by atoms with van der Waals surface area (Å²) in [5.74, 6) is 1.28. The van der Waals surface area contributed by atoms with Crippen molar-refractivity contribution in [3.8, 4) is 5.75 Å². The fourth-order valence-electron chi connectivity index (χ4n) is 3.38. The van der Waals surface area contributed by atoms with Gasteiger partial charge in [0.1, 0.15) is 16.5 Å². The number of nitrogens with zero attached hydrogens (tertiary/aromatic N) is 2.